The van der Waals surface area contributed by atoms with Gasteiger partial charge in [0.05, 0.1) is 31.7 Å². The maximum Gasteiger partial charge on any atom is 0.319 e. The first-order valence-corrected chi connectivity index (χ1v) is 8.88. The van der Waals surface area contributed by atoms with Gasteiger partial charge in [0.2, 0.25) is 5.91 Å². The molecule has 2 aliphatic heterocycles. The number of benzene rings is 1. The Kier molecular flexibility index (Phi) is 5.88. The van der Waals surface area contributed by atoms with Crippen LogP contribution in [0.4, 0.5) is 10.5 Å². The van der Waals surface area contributed by atoms with E-state index in [-0.39, 0.29) is 24.5 Å². The van der Waals surface area contributed by atoms with Gasteiger partial charge in [-0.1, -0.05) is 18.6 Å². The molecule has 3 rings (SSSR count). The number of rotatable bonds is 5. The van der Waals surface area contributed by atoms with Crippen LogP contribution >= 0.6 is 0 Å². The lowest BCUT2D eigenvalue weighted by molar-refractivity contribution is -0.117. The zero-order valence-corrected chi connectivity index (χ0v) is 14.4. The minimum Gasteiger partial charge on any atom is -0.378 e. The van der Waals surface area contributed by atoms with Gasteiger partial charge in [-0.15, -0.1) is 0 Å². The van der Waals surface area contributed by atoms with Crippen molar-refractivity contribution < 1.29 is 14.3 Å². The fourth-order valence-electron chi connectivity index (χ4n) is 3.59. The number of carbonyl (C=O) groups is 2. The number of nitrogens with one attached hydrogen (secondary N) is 2. The highest BCUT2D eigenvalue weighted by molar-refractivity contribution is 5.89. The van der Waals surface area contributed by atoms with Crippen LogP contribution in [0, 0.1) is 0 Å². The van der Waals surface area contributed by atoms with Crippen molar-refractivity contribution in [1.29, 1.82) is 0 Å². The molecule has 2 heterocycles. The first-order chi connectivity index (χ1) is 12.1. The predicted molar refractivity (Wildman–Crippen MR) is 95.3 cm³/mol. The van der Waals surface area contributed by atoms with Gasteiger partial charge in [-0.05, 0) is 43.6 Å². The van der Waals surface area contributed by atoms with Crippen LogP contribution in [0.5, 0.6) is 0 Å². The van der Waals surface area contributed by atoms with Crippen molar-refractivity contribution in [2.24, 2.45) is 5.73 Å². The molecule has 1 aromatic carbocycles. The van der Waals surface area contributed by atoms with Gasteiger partial charge in [-0.2, -0.15) is 0 Å². The fourth-order valence-corrected chi connectivity index (χ4v) is 3.59. The second-order valence-electron chi connectivity index (χ2n) is 6.75. The van der Waals surface area contributed by atoms with Crippen LogP contribution in [0.25, 0.3) is 0 Å². The van der Waals surface area contributed by atoms with E-state index in [1.54, 1.807) is 18.2 Å². The van der Waals surface area contributed by atoms with Gasteiger partial charge in [0.1, 0.15) is 0 Å². The van der Waals surface area contributed by atoms with Crippen LogP contribution in [0.15, 0.2) is 24.3 Å². The Labute approximate surface area is 147 Å². The van der Waals surface area contributed by atoms with Crippen LogP contribution < -0.4 is 16.4 Å². The summed E-state index contributed by atoms with van der Waals surface area (Å²) in [6.07, 6.45) is 3.86. The van der Waals surface area contributed by atoms with Crippen molar-refractivity contribution in [3.05, 3.63) is 29.8 Å². The van der Waals surface area contributed by atoms with E-state index in [0.717, 1.165) is 18.7 Å². The third-order valence-electron chi connectivity index (χ3n) is 4.79. The number of hydrogen-bond donors (Lipinski definition) is 3. The highest BCUT2D eigenvalue weighted by Crippen LogP contribution is 2.19. The Balaban J connectivity index is 1.55. The van der Waals surface area contributed by atoms with Crippen molar-refractivity contribution in [3.63, 3.8) is 0 Å². The second kappa shape index (κ2) is 8.31. The van der Waals surface area contributed by atoms with Crippen LogP contribution in [0.2, 0.25) is 0 Å². The molecular weight excluding hydrogens is 320 g/mol. The maximum absolute atomic E-state index is 12.3. The number of primary amides is 1. The third kappa shape index (κ3) is 4.93. The van der Waals surface area contributed by atoms with E-state index in [2.05, 4.69) is 15.5 Å². The third-order valence-corrected chi connectivity index (χ3v) is 4.79. The van der Waals surface area contributed by atoms with E-state index in [1.807, 2.05) is 6.07 Å². The van der Waals surface area contributed by atoms with Crippen molar-refractivity contribution >= 4 is 17.6 Å². The summed E-state index contributed by atoms with van der Waals surface area (Å²) in [6, 6.07) is 7.14. The maximum atomic E-state index is 12.3. The Morgan fingerprint density at radius 3 is 2.76 bits per heavy atom. The van der Waals surface area contributed by atoms with E-state index >= 15 is 0 Å². The molecule has 0 radical (unpaired) electrons. The van der Waals surface area contributed by atoms with Crippen molar-refractivity contribution in [2.45, 2.75) is 37.8 Å². The molecule has 2 fully saturated rings. The number of amides is 3. The molecule has 2 aliphatic rings. The smallest absolute Gasteiger partial charge is 0.319 e. The molecule has 0 bridgehead atoms. The normalized spacial score (nSPS) is 24.0. The number of likely N-dealkylation sites (tertiary alicyclic amines) is 1. The van der Waals surface area contributed by atoms with Crippen LogP contribution in [0.1, 0.15) is 24.8 Å². The first kappa shape index (κ1) is 17.7. The number of anilines is 1. The van der Waals surface area contributed by atoms with E-state index < -0.39 is 5.91 Å². The van der Waals surface area contributed by atoms with E-state index in [1.165, 1.54) is 19.3 Å². The fraction of sp³-hybridized carbons (Fsp3) is 0.556. The quantitative estimate of drug-likeness (QED) is 0.743. The molecular formula is C18H26N4O3. The Hall–Kier alpha value is -2.12. The average molecular weight is 346 g/mol. The van der Waals surface area contributed by atoms with Gasteiger partial charge in [-0.25, -0.2) is 4.79 Å². The number of nitrogens with two attached hydrogens (primary N) is 1. The number of carbonyl (C=O) groups excluding carboxylic acids is 2. The van der Waals surface area contributed by atoms with Crippen LogP contribution in [0.3, 0.4) is 0 Å². The van der Waals surface area contributed by atoms with Crippen molar-refractivity contribution in [1.82, 2.24) is 10.2 Å². The van der Waals surface area contributed by atoms with Gasteiger partial charge in [0.25, 0.3) is 0 Å². The van der Waals surface area contributed by atoms with E-state index in [9.17, 15) is 9.59 Å². The molecule has 3 amide bonds. The molecule has 7 heteroatoms. The molecule has 4 N–H and O–H groups in total. The van der Waals surface area contributed by atoms with Gasteiger partial charge in [0, 0.05) is 5.69 Å². The van der Waals surface area contributed by atoms with Crippen LogP contribution in [-0.4, -0.2) is 55.2 Å². The summed E-state index contributed by atoms with van der Waals surface area (Å²) >= 11 is 0. The number of piperidine rings is 1. The lowest BCUT2D eigenvalue weighted by Crippen LogP contribution is -2.53. The molecule has 2 atom stereocenters. The van der Waals surface area contributed by atoms with E-state index in [0.29, 0.717) is 18.9 Å². The van der Waals surface area contributed by atoms with Gasteiger partial charge in [-0.3, -0.25) is 9.69 Å². The lowest BCUT2D eigenvalue weighted by atomic mass is 10.1. The van der Waals surface area contributed by atoms with E-state index in [4.69, 9.17) is 10.5 Å². The number of ether oxygens (including phenoxy) is 1. The summed E-state index contributed by atoms with van der Waals surface area (Å²) in [5.74, 6) is -0.394. The minimum atomic E-state index is -0.394. The Morgan fingerprint density at radius 2 is 2.00 bits per heavy atom. The van der Waals surface area contributed by atoms with Crippen molar-refractivity contribution in [3.8, 4) is 0 Å². The molecule has 7 nitrogen and oxygen atoms in total. The number of nitrogens with zero attached hydrogens (tertiary/aromatic N) is 1. The molecule has 0 saturated carbocycles. The molecule has 1 aromatic rings. The number of hydrogen-bond acceptors (Lipinski definition) is 4. The van der Waals surface area contributed by atoms with Gasteiger partial charge >= 0.3 is 6.03 Å². The highest BCUT2D eigenvalue weighted by Gasteiger charge is 2.34. The monoisotopic (exact) mass is 346 g/mol. The first-order valence-electron chi connectivity index (χ1n) is 8.88. The van der Waals surface area contributed by atoms with Crippen molar-refractivity contribution in [2.75, 3.05) is 31.6 Å². The highest BCUT2D eigenvalue weighted by atomic mass is 16.5. The summed E-state index contributed by atoms with van der Waals surface area (Å²) < 4.78 is 5.60. The van der Waals surface area contributed by atoms with Gasteiger partial charge < -0.3 is 21.1 Å². The summed E-state index contributed by atoms with van der Waals surface area (Å²) in [5, 5.41) is 5.86. The zero-order valence-electron chi connectivity index (χ0n) is 14.4. The summed E-state index contributed by atoms with van der Waals surface area (Å²) in [4.78, 5) is 25.8. The summed E-state index contributed by atoms with van der Waals surface area (Å²) in [7, 11) is 0. The van der Waals surface area contributed by atoms with Gasteiger partial charge in [0.15, 0.2) is 0 Å². The molecule has 136 valence electrons. The standard InChI is InChI=1S/C18H26N4O3/c19-17(23)10-13-5-4-6-14(9-13)20-18(24)21-15-11-25-12-16(15)22-7-2-1-3-8-22/h4-6,9,15-16H,1-3,7-8,10-12H2,(H2,19,23)(H2,20,21,24)/t15-,16-/m0/s1. The topological polar surface area (TPSA) is 96.7 Å². The molecule has 0 unspecified atom stereocenters. The second-order valence-corrected chi connectivity index (χ2v) is 6.75. The molecule has 25 heavy (non-hydrogen) atoms. The predicted octanol–water partition coefficient (Wildman–Crippen LogP) is 1.09. The Morgan fingerprint density at radius 1 is 1.20 bits per heavy atom. The average Bonchev–Trinajstić information content (AvgIpc) is 3.03. The molecule has 2 saturated heterocycles. The SMILES string of the molecule is NC(=O)Cc1cccc(NC(=O)N[C@H]2COC[C@@H]2N2CCCCC2)c1. The summed E-state index contributed by atoms with van der Waals surface area (Å²) in [6.45, 7) is 3.35. The molecule has 0 aliphatic carbocycles. The Bertz CT molecular complexity index is 616. The molecule has 0 spiro atoms. The van der Waals surface area contributed by atoms with Crippen LogP contribution in [-0.2, 0) is 16.0 Å². The largest absolute Gasteiger partial charge is 0.378 e. The summed E-state index contributed by atoms with van der Waals surface area (Å²) in [5.41, 5.74) is 6.64. The zero-order chi connectivity index (χ0) is 17.6. The number of urea groups is 1. The molecule has 0 aromatic heterocycles. The minimum absolute atomic E-state index is 0.00750. The lowest BCUT2D eigenvalue weighted by Gasteiger charge is -2.34.